The molecule has 0 aromatic heterocycles. The highest BCUT2D eigenvalue weighted by atomic mass is 32.2. The number of hydrogen-bond acceptors (Lipinski definition) is 2. The van der Waals surface area contributed by atoms with Gasteiger partial charge >= 0.3 is 0 Å². The van der Waals surface area contributed by atoms with Crippen molar-refractivity contribution in [2.75, 3.05) is 19.0 Å². The van der Waals surface area contributed by atoms with Crippen LogP contribution in [0.4, 0.5) is 4.39 Å². The average molecular weight is 282 g/mol. The molecule has 4 heteroatoms. The minimum atomic E-state index is -0.885. The number of hydrogen-bond donors (Lipinski definition) is 0. The normalized spacial score (nSPS) is 25.2. The molecule has 0 bridgehead atoms. The van der Waals surface area contributed by atoms with Crippen LogP contribution in [0.2, 0.25) is 0 Å². The first-order chi connectivity index (χ1) is 9.25. The summed E-state index contributed by atoms with van der Waals surface area (Å²) in [6.45, 7) is 1.58. The van der Waals surface area contributed by atoms with Crippen molar-refractivity contribution in [3.8, 4) is 0 Å². The third-order valence-corrected chi connectivity index (χ3v) is 6.14. The van der Waals surface area contributed by atoms with Gasteiger partial charge in [0.1, 0.15) is 5.82 Å². The van der Waals surface area contributed by atoms with Crippen LogP contribution in [0.5, 0.6) is 0 Å². The van der Waals surface area contributed by atoms with Gasteiger partial charge in [0.15, 0.2) is 0 Å². The standard InChI is InChI=1S/C15H19FO2S/c16-14-3-1-2-13-12(14)4-5-15(13)19(17)10-11-6-8-18-9-7-11/h1-3,11,15H,4-10H2. The van der Waals surface area contributed by atoms with E-state index < -0.39 is 10.8 Å². The Balaban J connectivity index is 1.71. The van der Waals surface area contributed by atoms with E-state index in [1.165, 1.54) is 6.07 Å². The molecule has 1 aromatic rings. The lowest BCUT2D eigenvalue weighted by atomic mass is 10.0. The molecule has 2 unspecified atom stereocenters. The molecule has 104 valence electrons. The Morgan fingerprint density at radius 1 is 1.26 bits per heavy atom. The number of benzene rings is 1. The van der Waals surface area contributed by atoms with Gasteiger partial charge in [-0.15, -0.1) is 0 Å². The maximum Gasteiger partial charge on any atom is 0.126 e. The lowest BCUT2D eigenvalue weighted by Gasteiger charge is -2.23. The van der Waals surface area contributed by atoms with Crippen LogP contribution in [0, 0.1) is 11.7 Å². The summed E-state index contributed by atoms with van der Waals surface area (Å²) in [6.07, 6.45) is 3.57. The van der Waals surface area contributed by atoms with E-state index >= 15 is 0 Å². The van der Waals surface area contributed by atoms with E-state index in [-0.39, 0.29) is 11.1 Å². The molecule has 1 fully saturated rings. The summed E-state index contributed by atoms with van der Waals surface area (Å²) in [4.78, 5) is 0. The molecule has 2 nitrogen and oxygen atoms in total. The van der Waals surface area contributed by atoms with Gasteiger partial charge in [0.25, 0.3) is 0 Å². The van der Waals surface area contributed by atoms with Gasteiger partial charge in [-0.2, -0.15) is 0 Å². The largest absolute Gasteiger partial charge is 0.381 e. The van der Waals surface area contributed by atoms with Gasteiger partial charge in [-0.05, 0) is 48.8 Å². The van der Waals surface area contributed by atoms with Crippen LogP contribution < -0.4 is 0 Å². The van der Waals surface area contributed by atoms with Gasteiger partial charge in [0, 0.05) is 29.8 Å². The van der Waals surface area contributed by atoms with Crippen molar-refractivity contribution in [3.63, 3.8) is 0 Å². The minimum Gasteiger partial charge on any atom is -0.381 e. The summed E-state index contributed by atoms with van der Waals surface area (Å²) in [5.41, 5.74) is 1.76. The predicted molar refractivity (Wildman–Crippen MR) is 74.0 cm³/mol. The second-order valence-electron chi connectivity index (χ2n) is 5.44. The molecule has 1 heterocycles. The summed E-state index contributed by atoms with van der Waals surface area (Å²) < 4.78 is 31.5. The SMILES string of the molecule is O=S(CC1CCOCC1)C1CCc2c(F)cccc21. The van der Waals surface area contributed by atoms with Crippen LogP contribution >= 0.6 is 0 Å². The monoisotopic (exact) mass is 282 g/mol. The van der Waals surface area contributed by atoms with Gasteiger partial charge in [0.2, 0.25) is 0 Å². The van der Waals surface area contributed by atoms with Crippen LogP contribution in [0.25, 0.3) is 0 Å². The fourth-order valence-corrected chi connectivity index (χ4v) is 5.02. The molecule has 0 spiro atoms. The van der Waals surface area contributed by atoms with Crippen molar-refractivity contribution in [2.24, 2.45) is 5.92 Å². The van der Waals surface area contributed by atoms with Crippen LogP contribution in [0.1, 0.15) is 35.6 Å². The summed E-state index contributed by atoms with van der Waals surface area (Å²) >= 11 is 0. The Morgan fingerprint density at radius 3 is 2.84 bits per heavy atom. The summed E-state index contributed by atoms with van der Waals surface area (Å²) in [5.74, 6) is 1.11. The van der Waals surface area contributed by atoms with Crippen molar-refractivity contribution in [1.29, 1.82) is 0 Å². The first-order valence-electron chi connectivity index (χ1n) is 6.98. The van der Waals surface area contributed by atoms with Gasteiger partial charge in [-0.3, -0.25) is 4.21 Å². The van der Waals surface area contributed by atoms with E-state index in [1.807, 2.05) is 6.07 Å². The molecule has 0 saturated carbocycles. The van der Waals surface area contributed by atoms with Gasteiger partial charge in [-0.1, -0.05) is 12.1 Å². The highest BCUT2D eigenvalue weighted by Crippen LogP contribution is 2.37. The average Bonchev–Trinajstić information content (AvgIpc) is 2.85. The van der Waals surface area contributed by atoms with Crippen LogP contribution in [-0.4, -0.2) is 23.2 Å². The van der Waals surface area contributed by atoms with Crippen LogP contribution in [-0.2, 0) is 22.0 Å². The summed E-state index contributed by atoms with van der Waals surface area (Å²) in [6, 6.07) is 5.18. The molecule has 3 rings (SSSR count). The quantitative estimate of drug-likeness (QED) is 0.852. The van der Waals surface area contributed by atoms with Crippen LogP contribution in [0.15, 0.2) is 18.2 Å². The maximum absolute atomic E-state index is 13.7. The zero-order valence-electron chi connectivity index (χ0n) is 10.9. The van der Waals surface area contributed by atoms with Crippen molar-refractivity contribution in [2.45, 2.75) is 30.9 Å². The smallest absolute Gasteiger partial charge is 0.126 e. The van der Waals surface area contributed by atoms with Gasteiger partial charge in [0.05, 0.1) is 5.25 Å². The Kier molecular flexibility index (Phi) is 3.99. The van der Waals surface area contributed by atoms with Gasteiger partial charge < -0.3 is 4.74 Å². The van der Waals surface area contributed by atoms with Crippen molar-refractivity contribution >= 4 is 10.8 Å². The Labute approximate surface area is 115 Å². The number of ether oxygens (including phenoxy) is 1. The highest BCUT2D eigenvalue weighted by molar-refractivity contribution is 7.85. The van der Waals surface area contributed by atoms with E-state index in [0.717, 1.165) is 55.8 Å². The molecule has 2 atom stereocenters. The molecule has 0 amide bonds. The van der Waals surface area contributed by atoms with E-state index in [1.54, 1.807) is 6.07 Å². The Bertz CT molecular complexity index is 483. The van der Waals surface area contributed by atoms with Crippen LogP contribution in [0.3, 0.4) is 0 Å². The third kappa shape index (κ3) is 2.75. The topological polar surface area (TPSA) is 26.3 Å². The Morgan fingerprint density at radius 2 is 2.05 bits per heavy atom. The second-order valence-corrected chi connectivity index (χ2v) is 7.10. The molecule has 1 aliphatic carbocycles. The molecule has 19 heavy (non-hydrogen) atoms. The molecule has 1 aromatic carbocycles. The summed E-state index contributed by atoms with van der Waals surface area (Å²) in [7, 11) is -0.885. The van der Waals surface area contributed by atoms with Gasteiger partial charge in [-0.25, -0.2) is 4.39 Å². The maximum atomic E-state index is 13.7. The molecular formula is C15H19FO2S. The van der Waals surface area contributed by atoms with E-state index in [4.69, 9.17) is 4.74 Å². The number of rotatable bonds is 3. The molecule has 1 saturated heterocycles. The first-order valence-corrected chi connectivity index (χ1v) is 8.36. The number of fused-ring (bicyclic) bond motifs is 1. The summed E-state index contributed by atoms with van der Waals surface area (Å²) in [5, 5.41) is 0.0357. The van der Waals surface area contributed by atoms with E-state index in [2.05, 4.69) is 0 Å². The zero-order valence-corrected chi connectivity index (χ0v) is 11.8. The molecule has 1 aliphatic heterocycles. The predicted octanol–water partition coefficient (Wildman–Crippen LogP) is 2.99. The van der Waals surface area contributed by atoms with Crippen molar-refractivity contribution in [1.82, 2.24) is 0 Å². The third-order valence-electron chi connectivity index (χ3n) is 4.22. The highest BCUT2D eigenvalue weighted by Gasteiger charge is 2.30. The molecule has 0 N–H and O–H groups in total. The second kappa shape index (κ2) is 5.71. The first kappa shape index (κ1) is 13.3. The lowest BCUT2D eigenvalue weighted by molar-refractivity contribution is 0.0725. The minimum absolute atomic E-state index is 0.0357. The zero-order chi connectivity index (χ0) is 13.2. The van der Waals surface area contributed by atoms with Crippen molar-refractivity contribution < 1.29 is 13.3 Å². The Hall–Kier alpha value is -0.740. The fraction of sp³-hybridized carbons (Fsp3) is 0.600. The van der Waals surface area contributed by atoms with E-state index in [9.17, 15) is 8.60 Å². The fourth-order valence-electron chi connectivity index (χ4n) is 3.11. The lowest BCUT2D eigenvalue weighted by Crippen LogP contribution is -2.22. The number of halogens is 1. The molecular weight excluding hydrogens is 263 g/mol. The molecule has 0 radical (unpaired) electrons. The van der Waals surface area contributed by atoms with E-state index in [0.29, 0.717) is 5.92 Å². The molecule has 2 aliphatic rings. The van der Waals surface area contributed by atoms with Crippen molar-refractivity contribution in [3.05, 3.63) is 35.1 Å².